The second-order valence-corrected chi connectivity index (χ2v) is 7.69. The monoisotopic (exact) mass is 415 g/mol. The number of ether oxygens (including phenoxy) is 1. The number of nitrogens with zero attached hydrogens (tertiary/aromatic N) is 5. The fraction of sp³-hybridized carbons (Fsp3) is 0.333. The molecule has 4 heterocycles. The predicted octanol–water partition coefficient (Wildman–Crippen LogP) is 0.871. The van der Waals surface area contributed by atoms with Crippen molar-refractivity contribution in [1.82, 2.24) is 24.7 Å². The number of rotatable bonds is 5. The molecule has 0 saturated carbocycles. The van der Waals surface area contributed by atoms with Crippen molar-refractivity contribution in [2.75, 3.05) is 6.61 Å². The molecule has 10 nitrogen and oxygen atoms in total. The number of aliphatic hydroxyl groups excluding tert-OH is 3. The third-order valence-corrected chi connectivity index (χ3v) is 5.96. The van der Waals surface area contributed by atoms with Gasteiger partial charge in [-0.2, -0.15) is 0 Å². The summed E-state index contributed by atoms with van der Waals surface area (Å²) in [7, 11) is 0. The van der Waals surface area contributed by atoms with Crippen LogP contribution in [0.15, 0.2) is 46.7 Å². The molecule has 3 N–H and O–H groups in total. The lowest BCUT2D eigenvalue weighted by atomic mass is 10.1. The van der Waals surface area contributed by atoms with Gasteiger partial charge in [0.05, 0.1) is 12.9 Å². The third kappa shape index (κ3) is 3.16. The highest BCUT2D eigenvalue weighted by atomic mass is 32.2. The smallest absolute Gasteiger partial charge is 0.166 e. The lowest BCUT2D eigenvalue weighted by Gasteiger charge is -2.16. The van der Waals surface area contributed by atoms with Gasteiger partial charge in [0.15, 0.2) is 11.9 Å². The maximum atomic E-state index is 10.3. The number of hydrogen-bond acceptors (Lipinski definition) is 10. The van der Waals surface area contributed by atoms with Crippen molar-refractivity contribution in [2.45, 2.75) is 35.3 Å². The largest absolute Gasteiger partial charge is 0.394 e. The first kappa shape index (κ1) is 18.5. The highest BCUT2D eigenvalue weighted by Crippen LogP contribution is 2.33. The van der Waals surface area contributed by atoms with Crippen LogP contribution in [0.2, 0.25) is 0 Å². The quantitative estimate of drug-likeness (QED) is 0.318. The number of aliphatic hydroxyl groups is 3. The first-order valence-electron chi connectivity index (χ1n) is 8.91. The molecule has 0 unspecified atom stereocenters. The van der Waals surface area contributed by atoms with Crippen molar-refractivity contribution in [3.05, 3.63) is 42.7 Å². The lowest BCUT2D eigenvalue weighted by molar-refractivity contribution is -0.0511. The van der Waals surface area contributed by atoms with Crippen LogP contribution in [0, 0.1) is 0 Å². The Labute approximate surface area is 168 Å². The van der Waals surface area contributed by atoms with Crippen molar-refractivity contribution in [3.8, 4) is 0 Å². The van der Waals surface area contributed by atoms with Crippen LogP contribution in [0.3, 0.4) is 0 Å². The Bertz CT molecular complexity index is 1160. The summed E-state index contributed by atoms with van der Waals surface area (Å²) >= 11 is 1.51. The van der Waals surface area contributed by atoms with Crippen molar-refractivity contribution >= 4 is 33.8 Å². The van der Waals surface area contributed by atoms with Crippen LogP contribution in [0.25, 0.3) is 22.1 Å². The molecule has 4 aromatic rings. The summed E-state index contributed by atoms with van der Waals surface area (Å²) in [5.74, 6) is 0.661. The number of fused-ring (bicyclic) bond motifs is 2. The van der Waals surface area contributed by atoms with E-state index in [0.717, 1.165) is 16.5 Å². The number of benzene rings is 1. The van der Waals surface area contributed by atoms with E-state index in [1.807, 2.05) is 18.2 Å². The summed E-state index contributed by atoms with van der Waals surface area (Å²) in [5.41, 5.74) is 2.94. The SMILES string of the molecule is OC[C@H]1O[C@@H](n2cnc3c(SCc4ccc5nocc5c4)ncnc32)[C@H](O)[C@@H]1O. The van der Waals surface area contributed by atoms with Gasteiger partial charge in [0.1, 0.15) is 47.0 Å². The maximum absolute atomic E-state index is 10.3. The fourth-order valence-electron chi connectivity index (χ4n) is 3.40. The van der Waals surface area contributed by atoms with Gasteiger partial charge in [0, 0.05) is 11.1 Å². The van der Waals surface area contributed by atoms with Crippen LogP contribution in [-0.2, 0) is 10.5 Å². The molecule has 0 spiro atoms. The Morgan fingerprint density at radius 3 is 2.86 bits per heavy atom. The predicted molar refractivity (Wildman–Crippen MR) is 102 cm³/mol. The minimum absolute atomic E-state index is 0.395. The molecule has 0 aliphatic carbocycles. The van der Waals surface area contributed by atoms with Crippen LogP contribution in [0.1, 0.15) is 11.8 Å². The molecule has 1 saturated heterocycles. The molecule has 0 radical (unpaired) electrons. The molecule has 1 aliphatic rings. The Kier molecular flexibility index (Phi) is 4.68. The summed E-state index contributed by atoms with van der Waals surface area (Å²) in [4.78, 5) is 13.0. The van der Waals surface area contributed by atoms with E-state index in [0.29, 0.717) is 21.9 Å². The Morgan fingerprint density at radius 1 is 1.14 bits per heavy atom. The summed E-state index contributed by atoms with van der Waals surface area (Å²) < 4.78 is 12.1. The molecule has 1 aliphatic heterocycles. The molecule has 11 heteroatoms. The summed E-state index contributed by atoms with van der Waals surface area (Å²) in [6.45, 7) is -0.395. The second-order valence-electron chi connectivity index (χ2n) is 6.73. The second kappa shape index (κ2) is 7.35. The lowest BCUT2D eigenvalue weighted by Crippen LogP contribution is -2.33. The van der Waals surface area contributed by atoms with Crippen molar-refractivity contribution in [2.24, 2.45) is 0 Å². The van der Waals surface area contributed by atoms with Crippen LogP contribution in [0.4, 0.5) is 0 Å². The molecule has 150 valence electrons. The van der Waals surface area contributed by atoms with Gasteiger partial charge in [-0.1, -0.05) is 23.0 Å². The van der Waals surface area contributed by atoms with Crippen LogP contribution < -0.4 is 0 Å². The van der Waals surface area contributed by atoms with Crippen molar-refractivity contribution in [1.29, 1.82) is 0 Å². The van der Waals surface area contributed by atoms with Crippen LogP contribution in [0.5, 0.6) is 0 Å². The Morgan fingerprint density at radius 2 is 2.03 bits per heavy atom. The van der Waals surface area contributed by atoms with E-state index in [1.54, 1.807) is 10.8 Å². The molecule has 5 rings (SSSR count). The average Bonchev–Trinajstić information content (AvgIpc) is 3.44. The molecular weight excluding hydrogens is 398 g/mol. The number of aromatic nitrogens is 5. The highest BCUT2D eigenvalue weighted by Gasteiger charge is 2.44. The van der Waals surface area contributed by atoms with E-state index >= 15 is 0 Å². The molecular formula is C18H17N5O5S. The first-order valence-corrected chi connectivity index (χ1v) is 9.90. The van der Waals surface area contributed by atoms with E-state index in [1.165, 1.54) is 24.4 Å². The zero-order valence-electron chi connectivity index (χ0n) is 15.0. The summed E-state index contributed by atoms with van der Waals surface area (Å²) in [6.07, 6.45) is 0.373. The van der Waals surface area contributed by atoms with Crippen LogP contribution in [-0.4, -0.2) is 64.9 Å². The van der Waals surface area contributed by atoms with Gasteiger partial charge >= 0.3 is 0 Å². The van der Waals surface area contributed by atoms with Crippen LogP contribution >= 0.6 is 11.8 Å². The van der Waals surface area contributed by atoms with Gasteiger partial charge in [0.2, 0.25) is 0 Å². The van der Waals surface area contributed by atoms with E-state index < -0.39 is 31.1 Å². The fourth-order valence-corrected chi connectivity index (χ4v) is 4.28. The summed E-state index contributed by atoms with van der Waals surface area (Å²) in [5, 5.41) is 35.1. The number of imidazole rings is 1. The zero-order chi connectivity index (χ0) is 20.0. The van der Waals surface area contributed by atoms with Gasteiger partial charge in [-0.3, -0.25) is 4.57 Å². The molecule has 1 fully saturated rings. The first-order chi connectivity index (χ1) is 14.2. The van der Waals surface area contributed by atoms with Crippen molar-refractivity contribution < 1.29 is 24.6 Å². The minimum Gasteiger partial charge on any atom is -0.394 e. The van der Waals surface area contributed by atoms with Gasteiger partial charge in [-0.25, -0.2) is 15.0 Å². The maximum Gasteiger partial charge on any atom is 0.166 e. The van der Waals surface area contributed by atoms with E-state index in [9.17, 15) is 15.3 Å². The molecule has 1 aromatic carbocycles. The Hall–Kier alpha value is -2.57. The van der Waals surface area contributed by atoms with Gasteiger partial charge in [0.25, 0.3) is 0 Å². The number of hydrogen-bond donors (Lipinski definition) is 3. The standard InChI is InChI=1S/C18H17N5O5S/c24-4-12-14(25)15(26)18(28-12)23-8-21-13-16(23)19-7-20-17(13)29-6-9-1-2-11-10(3-9)5-27-22-11/h1-3,5,7-8,12,14-15,18,24-26H,4,6H2/t12-,14-,15-,18-/m1/s1. The van der Waals surface area contributed by atoms with E-state index in [2.05, 4.69) is 20.1 Å². The molecule has 4 atom stereocenters. The van der Waals surface area contributed by atoms with Gasteiger partial charge in [-0.15, -0.1) is 0 Å². The van der Waals surface area contributed by atoms with Crippen molar-refractivity contribution in [3.63, 3.8) is 0 Å². The van der Waals surface area contributed by atoms with Gasteiger partial charge in [-0.05, 0) is 17.7 Å². The average molecular weight is 415 g/mol. The van der Waals surface area contributed by atoms with Gasteiger partial charge < -0.3 is 24.6 Å². The molecule has 3 aromatic heterocycles. The van der Waals surface area contributed by atoms with E-state index in [-0.39, 0.29) is 0 Å². The van der Waals surface area contributed by atoms with E-state index in [4.69, 9.17) is 9.26 Å². The Balaban J connectivity index is 1.41. The number of thioether (sulfide) groups is 1. The third-order valence-electron chi connectivity index (χ3n) is 4.91. The normalized spacial score (nSPS) is 24.7. The zero-order valence-corrected chi connectivity index (χ0v) is 15.8. The minimum atomic E-state index is -1.20. The highest BCUT2D eigenvalue weighted by molar-refractivity contribution is 7.98. The summed E-state index contributed by atoms with van der Waals surface area (Å²) in [6, 6.07) is 5.89. The molecule has 0 bridgehead atoms. The molecule has 29 heavy (non-hydrogen) atoms. The molecule has 0 amide bonds. The topological polar surface area (TPSA) is 140 Å².